The quantitative estimate of drug-likeness (QED) is 0.301. The third kappa shape index (κ3) is 2.78. The Morgan fingerprint density at radius 1 is 1.67 bits per heavy atom. The molecule has 2 aliphatic heterocycles. The van der Waals surface area contributed by atoms with Crippen LogP contribution < -0.4 is 15.3 Å². The molecule has 0 bridgehead atoms. The molecule has 3 rings (SSSR count). The zero-order chi connectivity index (χ0) is 17.4. The number of carbonyl (C=O) groups excluding carboxylic acids is 1. The number of nitrogens with zero attached hydrogens (tertiary/aromatic N) is 3. The average Bonchev–Trinajstić information content (AvgIpc) is 2.58. The van der Waals surface area contributed by atoms with Crippen molar-refractivity contribution in [1.29, 1.82) is 0 Å². The number of aliphatic carboxylic acids is 1. The molecular formula is C13H14N4O5S2. The van der Waals surface area contributed by atoms with Crippen molar-refractivity contribution in [2.45, 2.75) is 16.4 Å². The summed E-state index contributed by atoms with van der Waals surface area (Å²) in [4.78, 5) is 25.1. The zero-order valence-electron chi connectivity index (χ0n) is 12.5. The van der Waals surface area contributed by atoms with Crippen LogP contribution in [0.4, 0.5) is 0 Å². The van der Waals surface area contributed by atoms with Gasteiger partial charge in [-0.2, -0.15) is 0 Å². The number of aromatic nitrogens is 2. The molecule has 0 aromatic carbocycles. The summed E-state index contributed by atoms with van der Waals surface area (Å²) in [6, 6.07) is 2.44. The van der Waals surface area contributed by atoms with Crippen molar-refractivity contribution in [3.63, 3.8) is 0 Å². The number of thioether (sulfide) groups is 2. The second kappa shape index (κ2) is 6.49. The molecule has 1 fully saturated rings. The van der Waals surface area contributed by atoms with Crippen molar-refractivity contribution in [2.75, 3.05) is 18.6 Å². The van der Waals surface area contributed by atoms with Crippen molar-refractivity contribution in [3.05, 3.63) is 28.6 Å². The van der Waals surface area contributed by atoms with Crippen molar-refractivity contribution in [2.24, 2.45) is 5.73 Å². The maximum Gasteiger partial charge on any atom is 0.352 e. The fourth-order valence-electron chi connectivity index (χ4n) is 2.44. The van der Waals surface area contributed by atoms with E-state index < -0.39 is 17.9 Å². The molecule has 1 aromatic rings. The van der Waals surface area contributed by atoms with Crippen LogP contribution in [0.2, 0.25) is 0 Å². The highest BCUT2D eigenvalue weighted by atomic mass is 32.2. The van der Waals surface area contributed by atoms with E-state index >= 15 is 0 Å². The van der Waals surface area contributed by atoms with Gasteiger partial charge in [-0.25, -0.2) is 4.79 Å². The molecule has 1 unspecified atom stereocenters. The second-order valence-electron chi connectivity index (χ2n) is 5.07. The lowest BCUT2D eigenvalue weighted by molar-refractivity contribution is -0.706. The van der Waals surface area contributed by atoms with Crippen LogP contribution in [-0.2, 0) is 9.59 Å². The molecule has 0 saturated carbocycles. The lowest BCUT2D eigenvalue weighted by Gasteiger charge is -2.48. The molecule has 2 aliphatic rings. The molecule has 3 heterocycles. The molecule has 1 amide bonds. The predicted octanol–water partition coefficient (Wildman–Crippen LogP) is -0.603. The Bertz CT molecular complexity index is 741. The molecule has 1 saturated heterocycles. The Hall–Kier alpha value is -1.98. The Morgan fingerprint density at radius 2 is 2.42 bits per heavy atom. The highest BCUT2D eigenvalue weighted by Crippen LogP contribution is 2.40. The fraction of sp³-hybridized carbons (Fsp3) is 0.385. The molecule has 11 heteroatoms. The number of carboxylic acids is 1. The van der Waals surface area contributed by atoms with Gasteiger partial charge in [-0.3, -0.25) is 9.69 Å². The van der Waals surface area contributed by atoms with Crippen LogP contribution in [0.5, 0.6) is 5.88 Å². The van der Waals surface area contributed by atoms with E-state index in [4.69, 9.17) is 10.5 Å². The lowest BCUT2D eigenvalue weighted by Crippen LogP contribution is -2.68. The van der Waals surface area contributed by atoms with E-state index in [1.54, 1.807) is 12.1 Å². The number of hydrogen-bond donors (Lipinski definition) is 2. The number of hydrogen-bond acceptors (Lipinski definition) is 8. The van der Waals surface area contributed by atoms with Gasteiger partial charge in [0.05, 0.1) is 12.2 Å². The van der Waals surface area contributed by atoms with Gasteiger partial charge < -0.3 is 20.8 Å². The number of amides is 1. The lowest BCUT2D eigenvalue weighted by atomic mass is 10.0. The monoisotopic (exact) mass is 370 g/mol. The molecule has 24 heavy (non-hydrogen) atoms. The van der Waals surface area contributed by atoms with E-state index in [0.29, 0.717) is 21.2 Å². The van der Waals surface area contributed by atoms with Gasteiger partial charge in [-0.1, -0.05) is 0 Å². The van der Waals surface area contributed by atoms with Crippen molar-refractivity contribution < 1.29 is 24.3 Å². The third-order valence-electron chi connectivity index (χ3n) is 3.64. The first-order chi connectivity index (χ1) is 11.4. The largest absolute Gasteiger partial charge is 0.593 e. The van der Waals surface area contributed by atoms with Gasteiger partial charge in [0.2, 0.25) is 5.91 Å². The third-order valence-corrected chi connectivity index (χ3v) is 6.08. The van der Waals surface area contributed by atoms with E-state index in [1.807, 2.05) is 0 Å². The molecular weight excluding hydrogens is 356 g/mol. The Labute approximate surface area is 145 Å². The number of carbonyl (C=O) groups is 2. The molecule has 1 aromatic heterocycles. The number of nitrogens with two attached hydrogens (primary N) is 1. The van der Waals surface area contributed by atoms with E-state index in [2.05, 4.69) is 5.10 Å². The first-order valence-electron chi connectivity index (χ1n) is 6.87. The highest BCUT2D eigenvalue weighted by molar-refractivity contribution is 8.01. The number of methoxy groups -OCH3 is 1. The minimum Gasteiger partial charge on any atom is -0.593 e. The van der Waals surface area contributed by atoms with Crippen LogP contribution in [0.15, 0.2) is 28.4 Å². The van der Waals surface area contributed by atoms with Gasteiger partial charge in [0.1, 0.15) is 17.1 Å². The smallest absolute Gasteiger partial charge is 0.352 e. The Kier molecular flexibility index (Phi) is 4.56. The standard InChI is InChI=1S/C13H14N4O5S2/c1-22-7-2-3-8(17(21)15-7)23-4-6-5-24-12-9(14)11(18)16(12)10(6)13(19)20/h2-3,9,12H,4-5,14H2,1H3,(H,19,20)/t9?,12-/m1/s1. The highest BCUT2D eigenvalue weighted by Gasteiger charge is 2.51. The first kappa shape index (κ1) is 16.9. The summed E-state index contributed by atoms with van der Waals surface area (Å²) >= 11 is 2.58. The molecule has 3 N–H and O–H groups in total. The number of rotatable bonds is 5. The summed E-state index contributed by atoms with van der Waals surface area (Å²) in [5, 5.41) is 24.9. The summed E-state index contributed by atoms with van der Waals surface area (Å²) in [5.41, 5.74) is 6.24. The van der Waals surface area contributed by atoms with Gasteiger partial charge in [-0.05, 0) is 22.2 Å². The van der Waals surface area contributed by atoms with Gasteiger partial charge in [0, 0.05) is 23.6 Å². The number of β-lactam (4-membered cyclic amide) rings is 1. The van der Waals surface area contributed by atoms with E-state index in [1.165, 1.54) is 23.8 Å². The van der Waals surface area contributed by atoms with Crippen LogP contribution in [0, 0.1) is 5.21 Å². The van der Waals surface area contributed by atoms with Gasteiger partial charge in [0.15, 0.2) is 0 Å². The van der Waals surface area contributed by atoms with Crippen LogP contribution in [0.1, 0.15) is 0 Å². The zero-order valence-corrected chi connectivity index (χ0v) is 14.2. The number of fused-ring (bicyclic) bond motifs is 1. The summed E-state index contributed by atoms with van der Waals surface area (Å²) in [5.74, 6) is -0.664. The van der Waals surface area contributed by atoms with Crippen molar-refractivity contribution in [3.8, 4) is 5.88 Å². The van der Waals surface area contributed by atoms with E-state index in [0.717, 1.165) is 11.8 Å². The molecule has 2 atom stereocenters. The number of ether oxygens (including phenoxy) is 1. The van der Waals surface area contributed by atoms with Gasteiger partial charge in [0.25, 0.3) is 10.9 Å². The summed E-state index contributed by atoms with van der Waals surface area (Å²) in [6.45, 7) is 0. The average molecular weight is 370 g/mol. The van der Waals surface area contributed by atoms with E-state index in [9.17, 15) is 19.9 Å². The second-order valence-corrected chi connectivity index (χ2v) is 7.17. The van der Waals surface area contributed by atoms with Crippen molar-refractivity contribution in [1.82, 2.24) is 10.00 Å². The van der Waals surface area contributed by atoms with Gasteiger partial charge >= 0.3 is 5.97 Å². The van der Waals surface area contributed by atoms with E-state index in [-0.39, 0.29) is 22.7 Å². The molecule has 0 aliphatic carbocycles. The summed E-state index contributed by atoms with van der Waals surface area (Å²) in [6.07, 6.45) is 0. The Morgan fingerprint density at radius 3 is 3.04 bits per heavy atom. The minimum absolute atomic E-state index is 0.0307. The summed E-state index contributed by atoms with van der Waals surface area (Å²) < 4.78 is 4.86. The molecule has 128 valence electrons. The minimum atomic E-state index is -1.17. The summed E-state index contributed by atoms with van der Waals surface area (Å²) in [7, 11) is 1.41. The molecule has 0 spiro atoms. The predicted molar refractivity (Wildman–Crippen MR) is 86.2 cm³/mol. The SMILES string of the molecule is COc1ccc(SCC2=C(C(=O)O)N3C(=O)C(N)[C@H]3SC2)[n+]([O-])n1. The number of carboxylic acid groups (broad SMARTS) is 1. The van der Waals surface area contributed by atoms with Crippen molar-refractivity contribution >= 4 is 35.4 Å². The maximum absolute atomic E-state index is 11.9. The normalized spacial score (nSPS) is 22.9. The first-order valence-corrected chi connectivity index (χ1v) is 8.90. The molecule has 0 radical (unpaired) electrons. The topological polar surface area (TPSA) is 133 Å². The van der Waals surface area contributed by atoms with Crippen LogP contribution in [0.25, 0.3) is 0 Å². The Balaban J connectivity index is 1.80. The fourth-order valence-corrected chi connectivity index (χ4v) is 4.74. The van der Waals surface area contributed by atoms with Crippen LogP contribution in [-0.4, -0.2) is 57.0 Å². The molecule has 9 nitrogen and oxygen atoms in total. The van der Waals surface area contributed by atoms with Crippen LogP contribution in [0.3, 0.4) is 0 Å². The van der Waals surface area contributed by atoms with Gasteiger partial charge in [-0.15, -0.1) is 11.8 Å². The maximum atomic E-state index is 11.9. The van der Waals surface area contributed by atoms with Crippen LogP contribution >= 0.6 is 23.5 Å².